The van der Waals surface area contributed by atoms with Gasteiger partial charge in [0.2, 0.25) is 23.6 Å². The van der Waals surface area contributed by atoms with Crippen LogP contribution in [0.15, 0.2) is 4.99 Å². The number of amides is 4. The number of rotatable bonds is 24. The van der Waals surface area contributed by atoms with Gasteiger partial charge in [0.25, 0.3) is 0 Å². The van der Waals surface area contributed by atoms with Crippen molar-refractivity contribution in [1.82, 2.24) is 10.6 Å². The van der Waals surface area contributed by atoms with E-state index in [1.165, 1.54) is 0 Å². The first kappa shape index (κ1) is 40.8. The number of nitrogens with two attached hydrogens (primary N) is 4. The van der Waals surface area contributed by atoms with Gasteiger partial charge in [-0.1, -0.05) is 45.4 Å². The summed E-state index contributed by atoms with van der Waals surface area (Å²) in [5, 5.41) is 14.4. The number of hydrogen-bond acceptors (Lipinski definition) is 9. The second-order valence-electron chi connectivity index (χ2n) is 12.2. The third kappa shape index (κ3) is 17.9. The minimum absolute atomic E-state index is 0.0834. The number of Topliss-reactive ketones (excluding diaryl/α,β-unsaturated/α-hetero) is 1. The van der Waals surface area contributed by atoms with Crippen molar-refractivity contribution in [1.29, 1.82) is 0 Å². The smallest absolute Gasteiger partial charge is 0.306 e. The molecule has 0 spiro atoms. The number of carboxylic acid groups (broad SMARTS) is 1. The maximum absolute atomic E-state index is 13.5. The summed E-state index contributed by atoms with van der Waals surface area (Å²) in [6, 6.07) is -2.37. The lowest BCUT2D eigenvalue weighted by Crippen LogP contribution is -2.49. The molecule has 1 fully saturated rings. The van der Waals surface area contributed by atoms with Gasteiger partial charge >= 0.3 is 11.9 Å². The Kier molecular flexibility index (Phi) is 19.4. The van der Waals surface area contributed by atoms with Crippen LogP contribution in [-0.2, 0) is 38.3 Å². The number of nitrogens with zero attached hydrogens (tertiary/aromatic N) is 1. The molecule has 16 nitrogen and oxygen atoms in total. The van der Waals surface area contributed by atoms with Gasteiger partial charge in [0.05, 0.1) is 25.0 Å². The molecule has 1 saturated carbocycles. The highest BCUT2D eigenvalue weighted by Crippen LogP contribution is 2.27. The predicted molar refractivity (Wildman–Crippen MR) is 172 cm³/mol. The molecule has 11 N–H and O–H groups in total. The van der Waals surface area contributed by atoms with E-state index in [0.717, 1.165) is 32.1 Å². The van der Waals surface area contributed by atoms with Crippen LogP contribution in [0.1, 0.15) is 103 Å². The highest BCUT2D eigenvalue weighted by molar-refractivity contribution is 5.96. The quantitative estimate of drug-likeness (QED) is 0.0314. The van der Waals surface area contributed by atoms with Gasteiger partial charge in [-0.3, -0.25) is 38.6 Å². The number of carbonyl (C=O) groups excluding carboxylic acids is 6. The Morgan fingerprint density at radius 1 is 0.830 bits per heavy atom. The summed E-state index contributed by atoms with van der Waals surface area (Å²) in [6.07, 6.45) is 4.77. The van der Waals surface area contributed by atoms with E-state index in [0.29, 0.717) is 32.2 Å². The average Bonchev–Trinajstić information content (AvgIpc) is 3.00. The molecule has 16 heteroatoms. The summed E-state index contributed by atoms with van der Waals surface area (Å²) in [6.45, 7) is 2.28. The molecule has 0 aromatic heterocycles. The van der Waals surface area contributed by atoms with Crippen LogP contribution in [0.2, 0.25) is 0 Å². The van der Waals surface area contributed by atoms with E-state index in [1.54, 1.807) is 0 Å². The molecule has 1 rings (SSSR count). The number of aliphatic imine (C=N–C) groups is 1. The predicted octanol–water partition coefficient (Wildman–Crippen LogP) is 0.131. The van der Waals surface area contributed by atoms with Gasteiger partial charge in [-0.15, -0.1) is 0 Å². The van der Waals surface area contributed by atoms with Crippen LogP contribution in [-0.4, -0.2) is 77.7 Å². The topological polar surface area (TPSA) is 289 Å². The molecule has 0 aromatic carbocycles. The highest BCUT2D eigenvalue weighted by Gasteiger charge is 2.33. The lowest BCUT2D eigenvalue weighted by Gasteiger charge is -2.27. The van der Waals surface area contributed by atoms with Crippen molar-refractivity contribution < 1.29 is 43.4 Å². The van der Waals surface area contributed by atoms with Crippen molar-refractivity contribution in [2.24, 2.45) is 45.7 Å². The summed E-state index contributed by atoms with van der Waals surface area (Å²) in [5.41, 5.74) is 21.6. The summed E-state index contributed by atoms with van der Waals surface area (Å²) in [4.78, 5) is 91.9. The number of carboxylic acids is 1. The first-order chi connectivity index (χ1) is 22.2. The summed E-state index contributed by atoms with van der Waals surface area (Å²) >= 11 is 0. The zero-order valence-corrected chi connectivity index (χ0v) is 27.4. The number of ketones is 1. The van der Waals surface area contributed by atoms with Crippen LogP contribution >= 0.6 is 0 Å². The maximum atomic E-state index is 13.5. The summed E-state index contributed by atoms with van der Waals surface area (Å²) in [7, 11) is 0. The van der Waals surface area contributed by atoms with Gasteiger partial charge < -0.3 is 43.4 Å². The Bertz CT molecular complexity index is 1100. The van der Waals surface area contributed by atoms with E-state index in [4.69, 9.17) is 27.7 Å². The maximum Gasteiger partial charge on any atom is 0.306 e. The molecule has 4 amide bonds. The van der Waals surface area contributed by atoms with Crippen molar-refractivity contribution in [3.63, 3.8) is 0 Å². The Balaban J connectivity index is 3.11. The Hall–Kier alpha value is -4.24. The van der Waals surface area contributed by atoms with Crippen LogP contribution in [0, 0.1) is 17.8 Å². The van der Waals surface area contributed by atoms with E-state index in [9.17, 15) is 38.7 Å². The second kappa shape index (κ2) is 22.3. The molecule has 47 heavy (non-hydrogen) atoms. The molecule has 0 saturated heterocycles. The fraction of sp³-hybridized carbons (Fsp3) is 0.742. The molecule has 0 unspecified atom stereocenters. The number of hydrogen-bond donors (Lipinski definition) is 7. The molecule has 1 aliphatic carbocycles. The standard InChI is InChI=1S/C31H53N7O9/c1-2-14-47-27(43)18-20(10-6-7-13-36-31(34)35)29(45)37-22(11-12-26(41)42)24(39)16-21(17-25(32)40)30(46)38-23(28(33)44)15-19-8-4-3-5-9-19/h19-23H,2-18H2,1H3,(H2,32,40)(H2,33,44)(H,37,45)(H,38,46)(H,41,42)(H4,34,35,36)/t20-,21+,22+,23+/m1/s1. The normalized spacial score (nSPS) is 15.7. The van der Waals surface area contributed by atoms with Crippen LogP contribution < -0.4 is 33.6 Å². The van der Waals surface area contributed by atoms with Crippen molar-refractivity contribution in [2.75, 3.05) is 13.2 Å². The first-order valence-electron chi connectivity index (χ1n) is 16.4. The second-order valence-corrected chi connectivity index (χ2v) is 12.2. The van der Waals surface area contributed by atoms with E-state index < -0.39 is 84.5 Å². The van der Waals surface area contributed by atoms with E-state index in [-0.39, 0.29) is 37.7 Å². The number of esters is 1. The molecule has 1 aliphatic rings. The van der Waals surface area contributed by atoms with Gasteiger partial charge in [-0.05, 0) is 38.0 Å². The van der Waals surface area contributed by atoms with E-state index in [2.05, 4.69) is 15.6 Å². The molecule has 0 aliphatic heterocycles. The average molecular weight is 668 g/mol. The number of ether oxygens (including phenoxy) is 1. The summed E-state index contributed by atoms with van der Waals surface area (Å²) in [5.74, 6) is -7.75. The van der Waals surface area contributed by atoms with Gasteiger partial charge in [0.15, 0.2) is 11.7 Å². The summed E-state index contributed by atoms with van der Waals surface area (Å²) < 4.78 is 5.13. The first-order valence-corrected chi connectivity index (χ1v) is 16.4. The number of unbranched alkanes of at least 4 members (excludes halogenated alkanes) is 1. The van der Waals surface area contributed by atoms with Gasteiger partial charge in [0, 0.05) is 31.7 Å². The third-order valence-corrected chi connectivity index (χ3v) is 8.08. The largest absolute Gasteiger partial charge is 0.481 e. The highest BCUT2D eigenvalue weighted by atomic mass is 16.5. The molecule has 0 aromatic rings. The SMILES string of the molecule is CCCOC(=O)C[C@@H](CCCCN=C(N)N)C(=O)N[C@@H](CCC(=O)O)C(=O)C[C@@H](CC(N)=O)C(=O)N[C@@H](CC1CCCCC1)C(N)=O. The number of guanidine groups is 1. The van der Waals surface area contributed by atoms with Crippen molar-refractivity contribution in [3.05, 3.63) is 0 Å². The number of nitrogens with one attached hydrogen (secondary N) is 2. The lowest BCUT2D eigenvalue weighted by atomic mass is 9.84. The van der Waals surface area contributed by atoms with Crippen LogP contribution in [0.4, 0.5) is 0 Å². The third-order valence-electron chi connectivity index (χ3n) is 8.08. The lowest BCUT2D eigenvalue weighted by molar-refractivity contribution is -0.147. The van der Waals surface area contributed by atoms with Crippen molar-refractivity contribution in [3.8, 4) is 0 Å². The molecule has 0 bridgehead atoms. The number of aliphatic carboxylic acids is 1. The zero-order chi connectivity index (χ0) is 35.4. The minimum atomic E-state index is -1.35. The van der Waals surface area contributed by atoms with Gasteiger partial charge in [0.1, 0.15) is 6.04 Å². The fourth-order valence-corrected chi connectivity index (χ4v) is 5.56. The van der Waals surface area contributed by atoms with Gasteiger partial charge in [-0.25, -0.2) is 0 Å². The van der Waals surface area contributed by atoms with Crippen LogP contribution in [0.5, 0.6) is 0 Å². The number of carbonyl (C=O) groups is 7. The Morgan fingerprint density at radius 2 is 1.47 bits per heavy atom. The van der Waals surface area contributed by atoms with Crippen molar-refractivity contribution in [2.45, 2.75) is 115 Å². The van der Waals surface area contributed by atoms with Crippen molar-refractivity contribution >= 4 is 47.3 Å². The fourth-order valence-electron chi connectivity index (χ4n) is 5.56. The number of primary amides is 2. The minimum Gasteiger partial charge on any atom is -0.481 e. The molecular formula is C31H53N7O9. The molecule has 0 radical (unpaired) electrons. The van der Waals surface area contributed by atoms with Crippen LogP contribution in [0.25, 0.3) is 0 Å². The van der Waals surface area contributed by atoms with E-state index in [1.807, 2.05) is 6.92 Å². The van der Waals surface area contributed by atoms with Gasteiger partial charge in [-0.2, -0.15) is 0 Å². The van der Waals surface area contributed by atoms with E-state index >= 15 is 0 Å². The molecule has 266 valence electrons. The molecule has 4 atom stereocenters. The zero-order valence-electron chi connectivity index (χ0n) is 27.4. The van der Waals surface area contributed by atoms with Crippen LogP contribution in [0.3, 0.4) is 0 Å². The monoisotopic (exact) mass is 667 g/mol. The molecule has 0 heterocycles. The molecular weight excluding hydrogens is 614 g/mol. The Morgan fingerprint density at radius 3 is 2.04 bits per heavy atom. The Labute approximate surface area is 275 Å².